The van der Waals surface area contributed by atoms with Crippen LogP contribution < -0.4 is 0 Å². The highest BCUT2D eigenvalue weighted by atomic mass is 32.2. The predicted octanol–water partition coefficient (Wildman–Crippen LogP) is 3.87. The molecule has 2 atom stereocenters. The Morgan fingerprint density at radius 2 is 2.24 bits per heavy atom. The number of thiazole rings is 1. The average Bonchev–Trinajstić information content (AvgIpc) is 2.95. The molecule has 2 nitrogen and oxygen atoms in total. The molecule has 0 saturated carbocycles. The number of hydrogen-bond acceptors (Lipinski definition) is 5. The first-order valence-corrected chi connectivity index (χ1v) is 8.30. The molecule has 0 bridgehead atoms. The van der Waals surface area contributed by atoms with Crippen molar-refractivity contribution >= 4 is 34.4 Å². The third-order valence-corrected chi connectivity index (χ3v) is 5.50. The Balaban J connectivity index is 1.95. The van der Waals surface area contributed by atoms with Gasteiger partial charge in [-0.2, -0.15) is 11.3 Å². The SMILES string of the molecule is CC(O)C(C)SCc1csc(-c2ccsc2)n1. The van der Waals surface area contributed by atoms with Crippen LogP contribution in [0.2, 0.25) is 0 Å². The van der Waals surface area contributed by atoms with Crippen molar-refractivity contribution in [3.63, 3.8) is 0 Å². The van der Waals surface area contributed by atoms with Crippen LogP contribution in [-0.2, 0) is 5.75 Å². The van der Waals surface area contributed by atoms with Crippen LogP contribution in [0.25, 0.3) is 10.6 Å². The smallest absolute Gasteiger partial charge is 0.124 e. The van der Waals surface area contributed by atoms with Crippen LogP contribution >= 0.6 is 34.4 Å². The first-order valence-electron chi connectivity index (χ1n) is 5.43. The lowest BCUT2D eigenvalue weighted by Crippen LogP contribution is -2.15. The molecule has 0 aliphatic rings. The minimum absolute atomic E-state index is 0.251. The Bertz CT molecular complexity index is 450. The molecule has 2 aromatic rings. The van der Waals surface area contributed by atoms with E-state index in [4.69, 9.17) is 0 Å². The molecule has 2 aromatic heterocycles. The van der Waals surface area contributed by atoms with E-state index >= 15 is 0 Å². The molecule has 1 N–H and O–H groups in total. The number of aromatic nitrogens is 1. The summed E-state index contributed by atoms with van der Waals surface area (Å²) in [6, 6.07) is 2.10. The quantitative estimate of drug-likeness (QED) is 0.905. The van der Waals surface area contributed by atoms with Crippen LogP contribution in [0.3, 0.4) is 0 Å². The molecule has 2 rings (SSSR count). The third kappa shape index (κ3) is 3.55. The molecule has 92 valence electrons. The normalized spacial score (nSPS) is 14.8. The summed E-state index contributed by atoms with van der Waals surface area (Å²) in [7, 11) is 0. The summed E-state index contributed by atoms with van der Waals surface area (Å²) in [6.45, 7) is 3.87. The summed E-state index contributed by atoms with van der Waals surface area (Å²) in [4.78, 5) is 4.61. The number of rotatable bonds is 5. The Morgan fingerprint density at radius 1 is 1.41 bits per heavy atom. The van der Waals surface area contributed by atoms with E-state index in [0.717, 1.165) is 16.5 Å². The van der Waals surface area contributed by atoms with Crippen molar-refractivity contribution in [1.82, 2.24) is 4.98 Å². The lowest BCUT2D eigenvalue weighted by Gasteiger charge is -2.12. The zero-order valence-electron chi connectivity index (χ0n) is 9.79. The fraction of sp³-hybridized carbons (Fsp3) is 0.417. The average molecular weight is 285 g/mol. The molecule has 0 spiro atoms. The van der Waals surface area contributed by atoms with E-state index in [1.54, 1.807) is 34.4 Å². The number of thiophene rings is 1. The number of nitrogens with zero attached hydrogens (tertiary/aromatic N) is 1. The number of thioether (sulfide) groups is 1. The lowest BCUT2D eigenvalue weighted by atomic mass is 10.3. The summed E-state index contributed by atoms with van der Waals surface area (Å²) in [5.74, 6) is 0.868. The molecule has 0 radical (unpaired) electrons. The topological polar surface area (TPSA) is 33.1 Å². The molecule has 2 unspecified atom stereocenters. The van der Waals surface area contributed by atoms with Crippen LogP contribution in [0.1, 0.15) is 19.5 Å². The molecular formula is C12H15NOS3. The van der Waals surface area contributed by atoms with Gasteiger partial charge in [0.15, 0.2) is 0 Å². The molecule has 0 aromatic carbocycles. The second kappa shape index (κ2) is 6.00. The molecule has 5 heteroatoms. The summed E-state index contributed by atoms with van der Waals surface area (Å²) in [5.41, 5.74) is 2.31. The molecular weight excluding hydrogens is 270 g/mol. The highest BCUT2D eigenvalue weighted by molar-refractivity contribution is 7.99. The van der Waals surface area contributed by atoms with E-state index in [1.165, 1.54) is 5.56 Å². The van der Waals surface area contributed by atoms with Crippen LogP contribution in [0, 0.1) is 0 Å². The molecule has 0 aliphatic carbocycles. The zero-order valence-corrected chi connectivity index (χ0v) is 12.2. The second-order valence-electron chi connectivity index (χ2n) is 3.91. The Kier molecular flexibility index (Phi) is 4.62. The minimum atomic E-state index is -0.269. The summed E-state index contributed by atoms with van der Waals surface area (Å²) in [6.07, 6.45) is -0.269. The van der Waals surface area contributed by atoms with Gasteiger partial charge >= 0.3 is 0 Å². The number of aliphatic hydroxyl groups excluding tert-OH is 1. The summed E-state index contributed by atoms with van der Waals surface area (Å²) < 4.78 is 0. The highest BCUT2D eigenvalue weighted by Gasteiger charge is 2.11. The molecule has 0 aliphatic heterocycles. The van der Waals surface area contributed by atoms with E-state index in [2.05, 4.69) is 27.2 Å². The molecule has 17 heavy (non-hydrogen) atoms. The van der Waals surface area contributed by atoms with Gasteiger partial charge in [-0.3, -0.25) is 0 Å². The Labute approximate surface area is 114 Å². The van der Waals surface area contributed by atoms with Gasteiger partial charge in [-0.05, 0) is 18.4 Å². The van der Waals surface area contributed by atoms with E-state index in [0.29, 0.717) is 0 Å². The third-order valence-electron chi connectivity index (χ3n) is 2.49. The molecule has 0 fully saturated rings. The van der Waals surface area contributed by atoms with Crippen molar-refractivity contribution < 1.29 is 5.11 Å². The molecule has 0 amide bonds. The summed E-state index contributed by atoms with van der Waals surface area (Å²) >= 11 is 5.13. The number of hydrogen-bond donors (Lipinski definition) is 1. The van der Waals surface area contributed by atoms with Gasteiger partial charge in [0.05, 0.1) is 11.8 Å². The second-order valence-corrected chi connectivity index (χ2v) is 6.92. The van der Waals surface area contributed by atoms with Crippen LogP contribution in [0.4, 0.5) is 0 Å². The predicted molar refractivity (Wildman–Crippen MR) is 77.9 cm³/mol. The van der Waals surface area contributed by atoms with Gasteiger partial charge < -0.3 is 5.11 Å². The molecule has 0 saturated heterocycles. The van der Waals surface area contributed by atoms with E-state index in [-0.39, 0.29) is 11.4 Å². The Morgan fingerprint density at radius 3 is 2.88 bits per heavy atom. The van der Waals surface area contributed by atoms with Crippen LogP contribution in [0.5, 0.6) is 0 Å². The maximum absolute atomic E-state index is 9.42. The summed E-state index contributed by atoms with van der Waals surface area (Å²) in [5, 5.41) is 17.1. The lowest BCUT2D eigenvalue weighted by molar-refractivity contribution is 0.196. The van der Waals surface area contributed by atoms with E-state index in [1.807, 2.05) is 13.8 Å². The Hall–Kier alpha value is -0.360. The standard InChI is InChI=1S/C12H15NOS3/c1-8(14)9(2)16-6-11-7-17-12(13-11)10-3-4-15-5-10/h3-5,7-9,14H,6H2,1-2H3. The van der Waals surface area contributed by atoms with Gasteiger partial charge in [-0.25, -0.2) is 4.98 Å². The van der Waals surface area contributed by atoms with E-state index in [9.17, 15) is 5.11 Å². The van der Waals surface area contributed by atoms with Gasteiger partial charge in [-0.1, -0.05) is 6.92 Å². The highest BCUT2D eigenvalue weighted by Crippen LogP contribution is 2.28. The van der Waals surface area contributed by atoms with Crippen molar-refractivity contribution in [3.8, 4) is 10.6 Å². The molecule has 2 heterocycles. The van der Waals surface area contributed by atoms with Crippen molar-refractivity contribution in [2.75, 3.05) is 0 Å². The minimum Gasteiger partial charge on any atom is -0.392 e. The van der Waals surface area contributed by atoms with E-state index < -0.39 is 0 Å². The number of aliphatic hydroxyl groups is 1. The van der Waals surface area contributed by atoms with Crippen molar-refractivity contribution in [1.29, 1.82) is 0 Å². The largest absolute Gasteiger partial charge is 0.392 e. The monoisotopic (exact) mass is 285 g/mol. The maximum atomic E-state index is 9.42. The zero-order chi connectivity index (χ0) is 12.3. The fourth-order valence-electron chi connectivity index (χ4n) is 1.25. The van der Waals surface area contributed by atoms with Gasteiger partial charge in [0.25, 0.3) is 0 Å². The van der Waals surface area contributed by atoms with Crippen molar-refractivity contribution in [3.05, 3.63) is 27.9 Å². The first-order chi connectivity index (χ1) is 8.16. The van der Waals surface area contributed by atoms with Gasteiger partial charge in [-0.15, -0.1) is 23.1 Å². The first kappa shape index (κ1) is 13.1. The van der Waals surface area contributed by atoms with Crippen LogP contribution in [-0.4, -0.2) is 21.4 Å². The van der Waals surface area contributed by atoms with Gasteiger partial charge in [0, 0.05) is 27.3 Å². The maximum Gasteiger partial charge on any atom is 0.124 e. The van der Waals surface area contributed by atoms with Gasteiger partial charge in [0.2, 0.25) is 0 Å². The van der Waals surface area contributed by atoms with Gasteiger partial charge in [0.1, 0.15) is 5.01 Å². The van der Waals surface area contributed by atoms with Crippen molar-refractivity contribution in [2.45, 2.75) is 31.0 Å². The van der Waals surface area contributed by atoms with Crippen molar-refractivity contribution in [2.24, 2.45) is 0 Å². The van der Waals surface area contributed by atoms with Crippen LogP contribution in [0.15, 0.2) is 22.2 Å². The fourth-order valence-corrected chi connectivity index (χ4v) is 3.75.